The van der Waals surface area contributed by atoms with Crippen LogP contribution >= 0.6 is 0 Å². The van der Waals surface area contributed by atoms with Gasteiger partial charge in [-0.05, 0) is 43.7 Å². The van der Waals surface area contributed by atoms with Gasteiger partial charge in [0.15, 0.2) is 5.82 Å². The van der Waals surface area contributed by atoms with Gasteiger partial charge in [0.1, 0.15) is 5.82 Å². The van der Waals surface area contributed by atoms with Gasteiger partial charge >= 0.3 is 6.03 Å². The average molecular weight is 344 g/mol. The molecule has 1 aliphatic carbocycles. The summed E-state index contributed by atoms with van der Waals surface area (Å²) in [7, 11) is 0. The third-order valence-corrected chi connectivity index (χ3v) is 4.81. The molecule has 2 aromatic rings. The van der Waals surface area contributed by atoms with Crippen LogP contribution < -0.4 is 5.32 Å². The summed E-state index contributed by atoms with van der Waals surface area (Å²) in [5.74, 6) is 1.81. The molecular formula is C18H21FN4O2. The molecule has 1 aromatic heterocycles. The van der Waals surface area contributed by atoms with Gasteiger partial charge in [0.05, 0.1) is 5.69 Å². The Bertz CT molecular complexity index is 759. The first-order valence-corrected chi connectivity index (χ1v) is 8.82. The van der Waals surface area contributed by atoms with Crippen molar-refractivity contribution < 1.29 is 13.7 Å². The van der Waals surface area contributed by atoms with E-state index in [9.17, 15) is 9.18 Å². The van der Waals surface area contributed by atoms with Gasteiger partial charge in [0, 0.05) is 25.4 Å². The number of aromatic nitrogens is 2. The van der Waals surface area contributed by atoms with E-state index in [2.05, 4.69) is 15.5 Å². The minimum absolute atomic E-state index is 0.209. The number of hydrogen-bond acceptors (Lipinski definition) is 4. The highest BCUT2D eigenvalue weighted by Gasteiger charge is 2.30. The van der Waals surface area contributed by atoms with E-state index in [0.29, 0.717) is 31.3 Å². The van der Waals surface area contributed by atoms with Crippen LogP contribution in [0.2, 0.25) is 0 Å². The van der Waals surface area contributed by atoms with Crippen molar-refractivity contribution >= 4 is 11.7 Å². The molecule has 1 N–H and O–H groups in total. The molecule has 132 valence electrons. The molecule has 2 fully saturated rings. The second-order valence-electron chi connectivity index (χ2n) is 6.89. The summed E-state index contributed by atoms with van der Waals surface area (Å²) in [4.78, 5) is 18.6. The molecule has 2 aliphatic rings. The Morgan fingerprint density at radius 1 is 1.32 bits per heavy atom. The summed E-state index contributed by atoms with van der Waals surface area (Å²) in [6.07, 6.45) is 4.91. The lowest BCUT2D eigenvalue weighted by Gasteiger charge is -2.32. The molecule has 1 aromatic carbocycles. The Morgan fingerprint density at radius 2 is 2.16 bits per heavy atom. The molecule has 1 unspecified atom stereocenters. The number of hydrogen-bond donors (Lipinski definition) is 1. The first-order valence-electron chi connectivity index (χ1n) is 8.82. The van der Waals surface area contributed by atoms with Gasteiger partial charge in [-0.1, -0.05) is 17.3 Å². The van der Waals surface area contributed by atoms with Crippen LogP contribution in [0, 0.1) is 11.7 Å². The Balaban J connectivity index is 1.35. The fourth-order valence-corrected chi connectivity index (χ4v) is 3.28. The van der Waals surface area contributed by atoms with Crippen molar-refractivity contribution in [3.63, 3.8) is 0 Å². The predicted octanol–water partition coefficient (Wildman–Crippen LogP) is 3.57. The number of rotatable bonds is 4. The van der Waals surface area contributed by atoms with Gasteiger partial charge in [-0.15, -0.1) is 0 Å². The number of amides is 2. The number of benzene rings is 1. The fourth-order valence-electron chi connectivity index (χ4n) is 3.28. The standard InChI is InChI=1S/C18H21FN4O2/c19-14-5-1-2-6-15(14)20-18(24)23-9-3-4-12(11-23)10-16-21-17(22-25-16)13-7-8-13/h1-2,5-6,12-13H,3-4,7-11H2,(H,20,24). The number of urea groups is 1. The summed E-state index contributed by atoms with van der Waals surface area (Å²) in [6.45, 7) is 1.29. The summed E-state index contributed by atoms with van der Waals surface area (Å²) in [5.41, 5.74) is 0.209. The van der Waals surface area contributed by atoms with E-state index in [0.717, 1.165) is 31.5 Å². The Morgan fingerprint density at radius 3 is 2.96 bits per heavy atom. The maximum Gasteiger partial charge on any atom is 0.321 e. The molecule has 2 heterocycles. The van der Waals surface area contributed by atoms with Crippen molar-refractivity contribution in [2.45, 2.75) is 38.0 Å². The van der Waals surface area contributed by atoms with Crippen molar-refractivity contribution in [1.29, 1.82) is 0 Å². The average Bonchev–Trinajstić information content (AvgIpc) is 3.37. The molecule has 2 amide bonds. The highest BCUT2D eigenvalue weighted by atomic mass is 19.1. The lowest BCUT2D eigenvalue weighted by molar-refractivity contribution is 0.173. The molecule has 4 rings (SSSR count). The SMILES string of the molecule is O=C(Nc1ccccc1F)N1CCCC(Cc2nc(C3CC3)no2)C1. The predicted molar refractivity (Wildman–Crippen MR) is 89.7 cm³/mol. The lowest BCUT2D eigenvalue weighted by Crippen LogP contribution is -2.43. The zero-order valence-corrected chi connectivity index (χ0v) is 13.9. The number of carbonyl (C=O) groups is 1. The number of halogens is 1. The van der Waals surface area contributed by atoms with E-state index in [-0.39, 0.29) is 17.6 Å². The number of piperidine rings is 1. The Labute approximate surface area is 145 Å². The van der Waals surface area contributed by atoms with Crippen LogP contribution in [0.3, 0.4) is 0 Å². The fraction of sp³-hybridized carbons (Fsp3) is 0.500. The normalized spacial score (nSPS) is 20.5. The molecular weight excluding hydrogens is 323 g/mol. The molecule has 0 spiro atoms. The first kappa shape index (κ1) is 16.1. The quantitative estimate of drug-likeness (QED) is 0.920. The topological polar surface area (TPSA) is 71.3 Å². The maximum absolute atomic E-state index is 13.7. The Hall–Kier alpha value is -2.44. The second kappa shape index (κ2) is 6.82. The molecule has 1 aliphatic heterocycles. The minimum Gasteiger partial charge on any atom is -0.339 e. The Kier molecular flexibility index (Phi) is 4.38. The van der Waals surface area contributed by atoms with Gasteiger partial charge in [-0.25, -0.2) is 9.18 Å². The smallest absolute Gasteiger partial charge is 0.321 e. The van der Waals surface area contributed by atoms with Gasteiger partial charge in [0.2, 0.25) is 5.89 Å². The second-order valence-corrected chi connectivity index (χ2v) is 6.89. The molecule has 6 nitrogen and oxygen atoms in total. The monoisotopic (exact) mass is 344 g/mol. The van der Waals surface area contributed by atoms with E-state index in [4.69, 9.17) is 4.52 Å². The first-order chi connectivity index (χ1) is 12.2. The van der Waals surface area contributed by atoms with Crippen LogP contribution in [0.1, 0.15) is 43.3 Å². The number of nitrogens with zero attached hydrogens (tertiary/aromatic N) is 3. The van der Waals surface area contributed by atoms with Gasteiger partial charge in [-0.2, -0.15) is 4.98 Å². The number of likely N-dealkylation sites (tertiary alicyclic amines) is 1. The molecule has 0 radical (unpaired) electrons. The largest absolute Gasteiger partial charge is 0.339 e. The molecule has 7 heteroatoms. The van der Waals surface area contributed by atoms with Gasteiger partial charge in [0.25, 0.3) is 0 Å². The van der Waals surface area contributed by atoms with Crippen LogP contribution in [-0.2, 0) is 6.42 Å². The van der Waals surface area contributed by atoms with Crippen LogP contribution in [-0.4, -0.2) is 34.2 Å². The maximum atomic E-state index is 13.7. The summed E-state index contributed by atoms with van der Waals surface area (Å²) >= 11 is 0. The van der Waals surface area contributed by atoms with Gasteiger partial charge < -0.3 is 14.7 Å². The van der Waals surface area contributed by atoms with Crippen molar-refractivity contribution in [2.75, 3.05) is 18.4 Å². The van der Waals surface area contributed by atoms with Crippen LogP contribution in [0.25, 0.3) is 0 Å². The van der Waals surface area contributed by atoms with Crippen molar-refractivity contribution in [2.24, 2.45) is 5.92 Å². The highest BCUT2D eigenvalue weighted by Crippen LogP contribution is 2.38. The van der Waals surface area contributed by atoms with E-state index < -0.39 is 5.82 Å². The zero-order chi connectivity index (χ0) is 17.2. The minimum atomic E-state index is -0.428. The van der Waals surface area contributed by atoms with E-state index in [1.807, 2.05) is 0 Å². The van der Waals surface area contributed by atoms with E-state index in [1.54, 1.807) is 23.1 Å². The van der Waals surface area contributed by atoms with Crippen molar-refractivity contribution in [3.8, 4) is 0 Å². The van der Waals surface area contributed by atoms with Gasteiger partial charge in [-0.3, -0.25) is 0 Å². The number of carbonyl (C=O) groups excluding carboxylic acids is 1. The lowest BCUT2D eigenvalue weighted by atomic mass is 9.95. The van der Waals surface area contributed by atoms with Crippen molar-refractivity contribution in [3.05, 3.63) is 41.8 Å². The summed E-state index contributed by atoms with van der Waals surface area (Å²) in [6, 6.07) is 5.93. The van der Waals surface area contributed by atoms with Crippen molar-refractivity contribution in [1.82, 2.24) is 15.0 Å². The van der Waals surface area contributed by atoms with E-state index >= 15 is 0 Å². The van der Waals surface area contributed by atoms with Crippen LogP contribution in [0.5, 0.6) is 0 Å². The molecule has 1 saturated heterocycles. The van der Waals surface area contributed by atoms with E-state index in [1.165, 1.54) is 6.07 Å². The highest BCUT2D eigenvalue weighted by molar-refractivity contribution is 5.89. The third kappa shape index (κ3) is 3.81. The molecule has 1 saturated carbocycles. The number of nitrogens with one attached hydrogen (secondary N) is 1. The molecule has 1 atom stereocenters. The molecule has 25 heavy (non-hydrogen) atoms. The summed E-state index contributed by atoms with van der Waals surface area (Å²) in [5, 5.41) is 6.69. The van der Waals surface area contributed by atoms with Crippen LogP contribution in [0.4, 0.5) is 14.9 Å². The number of para-hydroxylation sites is 1. The van der Waals surface area contributed by atoms with Crippen LogP contribution in [0.15, 0.2) is 28.8 Å². The molecule has 0 bridgehead atoms. The zero-order valence-electron chi connectivity index (χ0n) is 13.9. The third-order valence-electron chi connectivity index (χ3n) is 4.81. The number of anilines is 1. The summed E-state index contributed by atoms with van der Waals surface area (Å²) < 4.78 is 19.0.